The topological polar surface area (TPSA) is 104 Å². The molecule has 32 heavy (non-hydrogen) atoms. The van der Waals surface area contributed by atoms with Gasteiger partial charge in [0.2, 0.25) is 26.0 Å². The Labute approximate surface area is 188 Å². The predicted molar refractivity (Wildman–Crippen MR) is 117 cm³/mol. The van der Waals surface area contributed by atoms with Crippen LogP contribution < -0.4 is 13.9 Å². The number of rotatable bonds is 7. The summed E-state index contributed by atoms with van der Waals surface area (Å²) in [6.07, 6.45) is -3.10. The van der Waals surface area contributed by atoms with Crippen LogP contribution in [0.25, 0.3) is 0 Å². The monoisotopic (exact) mass is 513 g/mol. The second-order valence-corrected chi connectivity index (χ2v) is 11.1. The number of anilines is 3. The van der Waals surface area contributed by atoms with Gasteiger partial charge in [-0.25, -0.2) is 16.8 Å². The quantitative estimate of drug-likeness (QED) is 0.612. The first-order chi connectivity index (χ1) is 14.5. The fraction of sp³-hybridized carbons (Fsp3) is 0.278. The number of nitrogens with zero attached hydrogens (tertiary/aromatic N) is 2. The van der Waals surface area contributed by atoms with Gasteiger partial charge in [-0.15, -0.1) is 0 Å². The molecule has 0 unspecified atom stereocenters. The van der Waals surface area contributed by atoms with Crippen LogP contribution in [0.2, 0.25) is 5.02 Å². The summed E-state index contributed by atoms with van der Waals surface area (Å²) in [4.78, 5) is 12.5. The van der Waals surface area contributed by atoms with Crippen LogP contribution in [-0.4, -0.2) is 48.8 Å². The SMILES string of the molecule is CN(c1cccc(NC(=O)CN(c2ccc(Cl)c(C(F)(F)F)c2)S(C)(=O)=O)c1)S(C)(=O)=O. The highest BCUT2D eigenvalue weighted by atomic mass is 35.5. The number of hydrogen-bond donors (Lipinski definition) is 1. The van der Waals surface area contributed by atoms with Gasteiger partial charge in [-0.2, -0.15) is 13.2 Å². The minimum atomic E-state index is -4.83. The molecule has 0 heterocycles. The molecule has 0 radical (unpaired) electrons. The number of nitrogens with one attached hydrogen (secondary N) is 1. The Morgan fingerprint density at radius 1 is 1.00 bits per heavy atom. The number of carbonyl (C=O) groups excluding carboxylic acids is 1. The summed E-state index contributed by atoms with van der Waals surface area (Å²) in [5.74, 6) is -0.863. The zero-order valence-corrected chi connectivity index (χ0v) is 19.4. The van der Waals surface area contributed by atoms with Crippen molar-refractivity contribution < 1.29 is 34.8 Å². The summed E-state index contributed by atoms with van der Waals surface area (Å²) in [6, 6.07) is 8.20. The first-order valence-electron chi connectivity index (χ1n) is 8.68. The molecule has 0 bridgehead atoms. The molecule has 1 amide bonds. The summed E-state index contributed by atoms with van der Waals surface area (Å²) < 4.78 is 88.6. The molecule has 2 aromatic rings. The molecule has 8 nitrogen and oxygen atoms in total. The predicted octanol–water partition coefficient (Wildman–Crippen LogP) is 3.16. The number of carbonyl (C=O) groups is 1. The molecule has 176 valence electrons. The molecule has 0 spiro atoms. The molecule has 0 aromatic heterocycles. The number of halogens is 4. The van der Waals surface area contributed by atoms with Gasteiger partial charge >= 0.3 is 6.18 Å². The third-order valence-electron chi connectivity index (χ3n) is 4.22. The van der Waals surface area contributed by atoms with E-state index in [9.17, 15) is 34.8 Å². The highest BCUT2D eigenvalue weighted by molar-refractivity contribution is 7.92. The lowest BCUT2D eigenvalue weighted by Crippen LogP contribution is -2.37. The average Bonchev–Trinajstić information content (AvgIpc) is 2.64. The van der Waals surface area contributed by atoms with Crippen LogP contribution in [0.15, 0.2) is 42.5 Å². The van der Waals surface area contributed by atoms with Crippen molar-refractivity contribution in [3.05, 3.63) is 53.1 Å². The van der Waals surface area contributed by atoms with E-state index in [1.165, 1.54) is 31.3 Å². The number of hydrogen-bond acceptors (Lipinski definition) is 5. The van der Waals surface area contributed by atoms with Crippen molar-refractivity contribution in [2.24, 2.45) is 0 Å². The van der Waals surface area contributed by atoms with Crippen molar-refractivity contribution in [2.45, 2.75) is 6.18 Å². The molecule has 2 aromatic carbocycles. The summed E-state index contributed by atoms with van der Waals surface area (Å²) in [7, 11) is -6.41. The maximum atomic E-state index is 13.1. The molecule has 0 aliphatic carbocycles. The van der Waals surface area contributed by atoms with E-state index in [0.29, 0.717) is 10.4 Å². The highest BCUT2D eigenvalue weighted by Gasteiger charge is 2.34. The number of amides is 1. The van der Waals surface area contributed by atoms with Crippen LogP contribution in [0.1, 0.15) is 5.56 Å². The van der Waals surface area contributed by atoms with E-state index in [-0.39, 0.29) is 11.4 Å². The molecular weight excluding hydrogens is 495 g/mol. The molecule has 14 heteroatoms. The van der Waals surface area contributed by atoms with Gasteiger partial charge in [0.1, 0.15) is 6.54 Å². The van der Waals surface area contributed by atoms with Crippen LogP contribution in [-0.2, 0) is 31.0 Å². The molecule has 0 fully saturated rings. The third-order valence-corrected chi connectivity index (χ3v) is 6.90. The van der Waals surface area contributed by atoms with Crippen molar-refractivity contribution in [3.8, 4) is 0 Å². The van der Waals surface area contributed by atoms with Crippen molar-refractivity contribution in [2.75, 3.05) is 40.0 Å². The zero-order valence-electron chi connectivity index (χ0n) is 17.0. The number of alkyl halides is 3. The van der Waals surface area contributed by atoms with Crippen molar-refractivity contribution in [1.29, 1.82) is 0 Å². The number of benzene rings is 2. The lowest BCUT2D eigenvalue weighted by Gasteiger charge is -2.23. The Morgan fingerprint density at radius 2 is 1.62 bits per heavy atom. The van der Waals surface area contributed by atoms with Crippen LogP contribution in [0, 0.1) is 0 Å². The fourth-order valence-corrected chi connectivity index (χ4v) is 4.16. The van der Waals surface area contributed by atoms with Crippen molar-refractivity contribution >= 4 is 54.6 Å². The van der Waals surface area contributed by atoms with E-state index in [0.717, 1.165) is 28.9 Å². The van der Waals surface area contributed by atoms with E-state index < -0.39 is 54.9 Å². The molecule has 2 rings (SSSR count). The van der Waals surface area contributed by atoms with Crippen LogP contribution in [0.4, 0.5) is 30.2 Å². The first-order valence-corrected chi connectivity index (χ1v) is 12.8. The molecular formula is C18H19ClF3N3O5S2. The Hall–Kier alpha value is -2.51. The summed E-state index contributed by atoms with van der Waals surface area (Å²) in [5, 5.41) is 1.78. The van der Waals surface area contributed by atoms with E-state index >= 15 is 0 Å². The molecule has 0 saturated carbocycles. The highest BCUT2D eigenvalue weighted by Crippen LogP contribution is 2.37. The van der Waals surface area contributed by atoms with Gasteiger partial charge in [-0.3, -0.25) is 13.4 Å². The average molecular weight is 514 g/mol. The first kappa shape index (κ1) is 25.7. The Balaban J connectivity index is 2.32. The van der Waals surface area contributed by atoms with Gasteiger partial charge in [-0.1, -0.05) is 17.7 Å². The van der Waals surface area contributed by atoms with E-state index in [1.54, 1.807) is 0 Å². The van der Waals surface area contributed by atoms with Gasteiger partial charge in [0.25, 0.3) is 0 Å². The minimum Gasteiger partial charge on any atom is -0.324 e. The minimum absolute atomic E-state index is 0.156. The van der Waals surface area contributed by atoms with Gasteiger partial charge in [0.05, 0.1) is 34.5 Å². The van der Waals surface area contributed by atoms with E-state index in [1.807, 2.05) is 0 Å². The lowest BCUT2D eigenvalue weighted by molar-refractivity contribution is -0.137. The van der Waals surface area contributed by atoms with Crippen molar-refractivity contribution in [3.63, 3.8) is 0 Å². The molecule has 0 aliphatic rings. The Bertz CT molecular complexity index is 1230. The standard InChI is InChI=1S/C18H19ClF3N3O5S2/c1-24(31(2,27)28)13-6-4-5-12(9-13)23-17(26)11-25(32(3,29)30)14-7-8-16(19)15(10-14)18(20,21)22/h4-10H,11H2,1-3H3,(H,23,26). The summed E-state index contributed by atoms with van der Waals surface area (Å²) in [5.41, 5.74) is -1.26. The van der Waals surface area contributed by atoms with Crippen molar-refractivity contribution in [1.82, 2.24) is 0 Å². The second-order valence-electron chi connectivity index (χ2n) is 6.76. The van der Waals surface area contributed by atoms with Gasteiger partial charge in [0.15, 0.2) is 0 Å². The molecule has 0 atom stereocenters. The van der Waals surface area contributed by atoms with Crippen LogP contribution in [0.5, 0.6) is 0 Å². The zero-order chi connectivity index (χ0) is 24.5. The van der Waals surface area contributed by atoms with Gasteiger partial charge < -0.3 is 5.32 Å². The molecule has 0 aliphatic heterocycles. The van der Waals surface area contributed by atoms with Gasteiger partial charge in [-0.05, 0) is 36.4 Å². The largest absolute Gasteiger partial charge is 0.417 e. The molecule has 1 N–H and O–H groups in total. The summed E-state index contributed by atoms with van der Waals surface area (Å²) >= 11 is 5.57. The molecule has 0 saturated heterocycles. The second kappa shape index (κ2) is 9.16. The number of sulfonamides is 2. The van der Waals surface area contributed by atoms with E-state index in [4.69, 9.17) is 11.6 Å². The van der Waals surface area contributed by atoms with Crippen LogP contribution in [0.3, 0.4) is 0 Å². The third kappa shape index (κ3) is 6.50. The maximum absolute atomic E-state index is 13.1. The summed E-state index contributed by atoms with van der Waals surface area (Å²) in [6.45, 7) is -0.829. The Kier molecular flexibility index (Phi) is 7.37. The fourth-order valence-electron chi connectivity index (χ4n) is 2.59. The lowest BCUT2D eigenvalue weighted by atomic mass is 10.2. The van der Waals surface area contributed by atoms with E-state index in [2.05, 4.69) is 5.32 Å². The van der Waals surface area contributed by atoms with Gasteiger partial charge in [0, 0.05) is 12.7 Å². The normalized spacial score (nSPS) is 12.3. The maximum Gasteiger partial charge on any atom is 0.417 e. The Morgan fingerprint density at radius 3 is 2.16 bits per heavy atom. The van der Waals surface area contributed by atoms with Crippen LogP contribution >= 0.6 is 11.6 Å². The smallest absolute Gasteiger partial charge is 0.324 e.